The highest BCUT2D eigenvalue weighted by atomic mass is 16.5. The van der Waals surface area contributed by atoms with E-state index >= 15 is 0 Å². The Hall–Kier alpha value is -2.54. The molecule has 0 aliphatic heterocycles. The lowest BCUT2D eigenvalue weighted by Gasteiger charge is -2.14. The van der Waals surface area contributed by atoms with E-state index in [2.05, 4.69) is 5.32 Å². The molecule has 7 heteroatoms. The van der Waals surface area contributed by atoms with Crippen LogP contribution in [-0.2, 0) is 11.2 Å². The fraction of sp³-hybridized carbons (Fsp3) is 0.412. The van der Waals surface area contributed by atoms with Crippen molar-refractivity contribution >= 4 is 16.9 Å². The van der Waals surface area contributed by atoms with Crippen molar-refractivity contribution in [2.45, 2.75) is 26.3 Å². The molecule has 7 nitrogen and oxygen atoms in total. The molecule has 0 radical (unpaired) electrons. The van der Waals surface area contributed by atoms with Gasteiger partial charge in [0.25, 0.3) is 0 Å². The number of methoxy groups -OCH3 is 2. The van der Waals surface area contributed by atoms with Crippen molar-refractivity contribution in [3.05, 3.63) is 33.7 Å². The van der Waals surface area contributed by atoms with Crippen LogP contribution < -0.4 is 20.4 Å². The van der Waals surface area contributed by atoms with Gasteiger partial charge in [0.2, 0.25) is 11.7 Å². The number of hydrogen-bond donors (Lipinski definition) is 2. The van der Waals surface area contributed by atoms with Crippen LogP contribution in [0.1, 0.15) is 18.1 Å². The number of aliphatic hydroxyl groups excluding tert-OH is 1. The van der Waals surface area contributed by atoms with Crippen LogP contribution in [0.15, 0.2) is 21.3 Å². The highest BCUT2D eigenvalue weighted by molar-refractivity contribution is 5.89. The van der Waals surface area contributed by atoms with E-state index in [9.17, 15) is 9.59 Å². The fourth-order valence-electron chi connectivity index (χ4n) is 2.50. The van der Waals surface area contributed by atoms with Gasteiger partial charge in [-0.25, -0.2) is 4.79 Å². The number of aliphatic hydroxyl groups is 1. The topological polar surface area (TPSA) is 98.0 Å². The Morgan fingerprint density at radius 2 is 2.04 bits per heavy atom. The van der Waals surface area contributed by atoms with E-state index in [1.54, 1.807) is 26.0 Å². The van der Waals surface area contributed by atoms with Crippen molar-refractivity contribution < 1.29 is 23.8 Å². The first-order valence-corrected chi connectivity index (χ1v) is 7.50. The molecule has 0 bridgehead atoms. The third kappa shape index (κ3) is 3.35. The number of fused-ring (bicyclic) bond motifs is 1. The molecule has 0 saturated carbocycles. The van der Waals surface area contributed by atoms with Crippen molar-refractivity contribution in [3.8, 4) is 11.5 Å². The summed E-state index contributed by atoms with van der Waals surface area (Å²) < 4.78 is 15.9. The molecule has 0 fully saturated rings. The van der Waals surface area contributed by atoms with E-state index in [1.807, 2.05) is 0 Å². The van der Waals surface area contributed by atoms with E-state index in [0.717, 1.165) is 0 Å². The van der Waals surface area contributed by atoms with Gasteiger partial charge in [-0.05, 0) is 31.5 Å². The van der Waals surface area contributed by atoms with Gasteiger partial charge in [-0.1, -0.05) is 0 Å². The smallest absolute Gasteiger partial charge is 0.340 e. The summed E-state index contributed by atoms with van der Waals surface area (Å²) in [5.74, 6) is 0.432. The number of benzene rings is 1. The molecular formula is C17H21NO6. The standard InChI is InChI=1S/C17H21NO6/c1-9(8-19)18-14(20)7-12-10(2)11-5-6-13(22-3)16(23-4)15(11)24-17(12)21/h5-6,9,19H,7-8H2,1-4H3,(H,18,20). The van der Waals surface area contributed by atoms with Crippen LogP contribution in [0.3, 0.4) is 0 Å². The zero-order chi connectivity index (χ0) is 17.9. The largest absolute Gasteiger partial charge is 0.493 e. The fourth-order valence-corrected chi connectivity index (χ4v) is 2.50. The van der Waals surface area contributed by atoms with E-state index in [1.165, 1.54) is 14.2 Å². The van der Waals surface area contributed by atoms with Gasteiger partial charge in [-0.15, -0.1) is 0 Å². The minimum atomic E-state index is -0.599. The highest BCUT2D eigenvalue weighted by Crippen LogP contribution is 2.36. The van der Waals surface area contributed by atoms with Crippen LogP contribution in [0, 0.1) is 6.92 Å². The first-order valence-electron chi connectivity index (χ1n) is 7.50. The molecule has 0 spiro atoms. The number of rotatable bonds is 6. The predicted octanol–water partition coefficient (Wildman–Crippen LogP) is 1.16. The molecule has 1 unspecified atom stereocenters. The molecule has 0 aliphatic rings. The summed E-state index contributed by atoms with van der Waals surface area (Å²) in [6.45, 7) is 3.25. The third-order valence-electron chi connectivity index (χ3n) is 3.82. The second-order valence-corrected chi connectivity index (χ2v) is 5.50. The maximum absolute atomic E-state index is 12.3. The summed E-state index contributed by atoms with van der Waals surface area (Å²) in [4.78, 5) is 24.3. The number of carbonyl (C=O) groups is 1. The van der Waals surface area contributed by atoms with Crippen LogP contribution in [0.4, 0.5) is 0 Å². The molecule has 1 aromatic carbocycles. The maximum Gasteiger partial charge on any atom is 0.340 e. The van der Waals surface area contributed by atoms with Crippen LogP contribution >= 0.6 is 0 Å². The maximum atomic E-state index is 12.3. The van der Waals surface area contributed by atoms with Crippen molar-refractivity contribution in [1.29, 1.82) is 0 Å². The van der Waals surface area contributed by atoms with Gasteiger partial charge < -0.3 is 24.3 Å². The predicted molar refractivity (Wildman–Crippen MR) is 88.7 cm³/mol. The lowest BCUT2D eigenvalue weighted by molar-refractivity contribution is -0.121. The van der Waals surface area contributed by atoms with Gasteiger partial charge in [0.05, 0.1) is 32.8 Å². The minimum absolute atomic E-state index is 0.122. The monoisotopic (exact) mass is 335 g/mol. The molecule has 2 N–H and O–H groups in total. The summed E-state index contributed by atoms with van der Waals surface area (Å²) in [5, 5.41) is 12.3. The van der Waals surface area contributed by atoms with E-state index in [-0.39, 0.29) is 36.1 Å². The summed E-state index contributed by atoms with van der Waals surface area (Å²) in [7, 11) is 2.96. The van der Waals surface area contributed by atoms with Crippen LogP contribution in [-0.4, -0.2) is 37.9 Å². The summed E-state index contributed by atoms with van der Waals surface area (Å²) in [6.07, 6.45) is -0.122. The summed E-state index contributed by atoms with van der Waals surface area (Å²) in [6, 6.07) is 3.09. The second-order valence-electron chi connectivity index (χ2n) is 5.50. The minimum Gasteiger partial charge on any atom is -0.493 e. The Labute approximate surface area is 139 Å². The first kappa shape index (κ1) is 17.8. The Morgan fingerprint density at radius 3 is 2.62 bits per heavy atom. The molecule has 130 valence electrons. The van der Waals surface area contributed by atoms with E-state index in [0.29, 0.717) is 22.4 Å². The lowest BCUT2D eigenvalue weighted by atomic mass is 10.0. The Kier molecular flexibility index (Phi) is 5.46. The number of ether oxygens (including phenoxy) is 2. The second kappa shape index (κ2) is 7.35. The summed E-state index contributed by atoms with van der Waals surface area (Å²) >= 11 is 0. The van der Waals surface area contributed by atoms with Gasteiger partial charge in [0.1, 0.15) is 0 Å². The van der Waals surface area contributed by atoms with E-state index in [4.69, 9.17) is 19.0 Å². The van der Waals surface area contributed by atoms with Crippen LogP contribution in [0.2, 0.25) is 0 Å². The molecular weight excluding hydrogens is 314 g/mol. The number of nitrogens with one attached hydrogen (secondary N) is 1. The molecule has 1 amide bonds. The molecule has 1 aromatic heterocycles. The lowest BCUT2D eigenvalue weighted by Crippen LogP contribution is -2.37. The van der Waals surface area contributed by atoms with Crippen LogP contribution in [0.25, 0.3) is 11.0 Å². The van der Waals surface area contributed by atoms with Crippen molar-refractivity contribution in [3.63, 3.8) is 0 Å². The number of amides is 1. The van der Waals surface area contributed by atoms with Crippen molar-refractivity contribution in [1.82, 2.24) is 5.32 Å². The number of aryl methyl sites for hydroxylation is 1. The molecule has 2 aromatic rings. The zero-order valence-corrected chi connectivity index (χ0v) is 14.1. The zero-order valence-electron chi connectivity index (χ0n) is 14.1. The molecule has 1 atom stereocenters. The van der Waals surface area contributed by atoms with E-state index < -0.39 is 5.63 Å². The Bertz CT molecular complexity index is 811. The van der Waals surface area contributed by atoms with Gasteiger partial charge in [-0.2, -0.15) is 0 Å². The van der Waals surface area contributed by atoms with Crippen molar-refractivity contribution in [2.75, 3.05) is 20.8 Å². The normalized spacial score (nSPS) is 12.0. The Balaban J connectivity index is 2.51. The quantitative estimate of drug-likeness (QED) is 0.769. The Morgan fingerprint density at radius 1 is 1.33 bits per heavy atom. The molecule has 0 saturated heterocycles. The molecule has 24 heavy (non-hydrogen) atoms. The molecule has 1 heterocycles. The average Bonchev–Trinajstić information content (AvgIpc) is 2.57. The molecule has 2 rings (SSSR count). The number of hydrogen-bond acceptors (Lipinski definition) is 6. The first-order chi connectivity index (χ1) is 11.4. The van der Waals surface area contributed by atoms with Gasteiger partial charge in [0.15, 0.2) is 11.3 Å². The summed E-state index contributed by atoms with van der Waals surface area (Å²) in [5.41, 5.74) is 0.608. The van der Waals surface area contributed by atoms with Crippen LogP contribution in [0.5, 0.6) is 11.5 Å². The average molecular weight is 335 g/mol. The van der Waals surface area contributed by atoms with Gasteiger partial charge in [0, 0.05) is 11.4 Å². The van der Waals surface area contributed by atoms with Gasteiger partial charge >= 0.3 is 5.63 Å². The van der Waals surface area contributed by atoms with Crippen molar-refractivity contribution in [2.24, 2.45) is 0 Å². The number of carbonyl (C=O) groups excluding carboxylic acids is 1. The van der Waals surface area contributed by atoms with Gasteiger partial charge in [-0.3, -0.25) is 4.79 Å². The highest BCUT2D eigenvalue weighted by Gasteiger charge is 2.19. The third-order valence-corrected chi connectivity index (χ3v) is 3.82. The molecule has 0 aliphatic carbocycles. The SMILES string of the molecule is COc1ccc2c(C)c(CC(=O)NC(C)CO)c(=O)oc2c1OC.